The van der Waals surface area contributed by atoms with Gasteiger partial charge in [0.1, 0.15) is 5.37 Å². The number of rotatable bonds is 3. The second-order valence-electron chi connectivity index (χ2n) is 5.61. The van der Waals surface area contributed by atoms with Gasteiger partial charge in [0.05, 0.1) is 17.0 Å². The topological polar surface area (TPSA) is 45.2 Å². The van der Waals surface area contributed by atoms with Gasteiger partial charge in [-0.3, -0.25) is 15.2 Å². The van der Waals surface area contributed by atoms with Crippen LogP contribution in [-0.2, 0) is 4.79 Å². The predicted molar refractivity (Wildman–Crippen MR) is 107 cm³/mol. The third-order valence-electron chi connectivity index (χ3n) is 3.97. The first-order valence-electron chi connectivity index (χ1n) is 7.62. The van der Waals surface area contributed by atoms with Gasteiger partial charge in [-0.15, -0.1) is 11.8 Å². The van der Waals surface area contributed by atoms with Gasteiger partial charge >= 0.3 is 0 Å². The Balaban J connectivity index is 1.68. The molecular formula is C18H13BrClN3OS. The number of benzene rings is 2. The van der Waals surface area contributed by atoms with Gasteiger partial charge in [-0.1, -0.05) is 39.7 Å². The van der Waals surface area contributed by atoms with Gasteiger partial charge < -0.3 is 0 Å². The Morgan fingerprint density at radius 2 is 2.00 bits per heavy atom. The first kappa shape index (κ1) is 16.7. The van der Waals surface area contributed by atoms with E-state index in [1.54, 1.807) is 23.0 Å². The third-order valence-corrected chi connectivity index (χ3v) is 5.94. The number of nitrogens with one attached hydrogen (secondary N) is 1. The van der Waals surface area contributed by atoms with Gasteiger partial charge in [-0.2, -0.15) is 0 Å². The lowest BCUT2D eigenvalue weighted by molar-refractivity contribution is -0.126. The average Bonchev–Trinajstić information content (AvgIpc) is 2.96. The summed E-state index contributed by atoms with van der Waals surface area (Å²) in [5.74, 6) is 0.500. The molecule has 0 aliphatic carbocycles. The van der Waals surface area contributed by atoms with E-state index in [9.17, 15) is 4.79 Å². The van der Waals surface area contributed by atoms with Crippen LogP contribution in [0.4, 0.5) is 5.69 Å². The summed E-state index contributed by atoms with van der Waals surface area (Å²) in [6, 6.07) is 15.4. The van der Waals surface area contributed by atoms with E-state index in [1.165, 1.54) is 0 Å². The van der Waals surface area contributed by atoms with Crippen LogP contribution in [0.3, 0.4) is 0 Å². The Morgan fingerprint density at radius 1 is 1.20 bits per heavy atom. The number of amides is 1. The van der Waals surface area contributed by atoms with Crippen molar-refractivity contribution in [1.29, 1.82) is 0 Å². The van der Waals surface area contributed by atoms with Crippen molar-refractivity contribution < 1.29 is 4.79 Å². The van der Waals surface area contributed by atoms with E-state index in [0.717, 1.165) is 26.6 Å². The first-order chi connectivity index (χ1) is 12.1. The van der Waals surface area contributed by atoms with Gasteiger partial charge in [-0.25, -0.2) is 5.01 Å². The summed E-state index contributed by atoms with van der Waals surface area (Å²) in [6.45, 7) is 0. The van der Waals surface area contributed by atoms with Crippen LogP contribution in [-0.4, -0.2) is 21.7 Å². The number of carbonyl (C=O) groups is 1. The summed E-state index contributed by atoms with van der Waals surface area (Å²) in [4.78, 5) is 16.8. The number of anilines is 1. The Labute approximate surface area is 162 Å². The lowest BCUT2D eigenvalue weighted by atomic mass is 10.2. The predicted octanol–water partition coefficient (Wildman–Crippen LogP) is 5.25. The summed E-state index contributed by atoms with van der Waals surface area (Å²) < 4.78 is 1.02. The van der Waals surface area contributed by atoms with Crippen molar-refractivity contribution in [3.63, 3.8) is 0 Å². The van der Waals surface area contributed by atoms with Crippen molar-refractivity contribution in [2.75, 3.05) is 11.2 Å². The summed E-state index contributed by atoms with van der Waals surface area (Å²) in [5, 5.41) is 3.18. The fraction of sp³-hybridized carbons (Fsp3) is 0.111. The average molecular weight is 435 g/mol. The highest BCUT2D eigenvalue weighted by atomic mass is 79.9. The molecule has 0 saturated carbocycles. The first-order valence-corrected chi connectivity index (χ1v) is 9.84. The Bertz CT molecular complexity index is 951. The number of nitrogens with zero attached hydrogens (tertiary/aromatic N) is 2. The van der Waals surface area contributed by atoms with Gasteiger partial charge in [-0.05, 0) is 42.0 Å². The molecule has 1 saturated heterocycles. The molecule has 1 aromatic heterocycles. The standard InChI is InChI=1S/C18H13BrClN3OS/c19-12-3-1-11(2-4-12)18-23(17(24)10-25-18)22-15-7-8-21-16-9-13(20)5-6-14(15)16/h1-9,18H,10H2,(H,21,22). The van der Waals surface area contributed by atoms with E-state index in [2.05, 4.69) is 26.3 Å². The lowest BCUT2D eigenvalue weighted by Crippen LogP contribution is -2.33. The minimum Gasteiger partial charge on any atom is -0.294 e. The highest BCUT2D eigenvalue weighted by Gasteiger charge is 2.33. The van der Waals surface area contributed by atoms with Gasteiger partial charge in [0.25, 0.3) is 5.91 Å². The third kappa shape index (κ3) is 3.34. The van der Waals surface area contributed by atoms with E-state index in [-0.39, 0.29) is 11.3 Å². The molecule has 0 bridgehead atoms. The molecule has 2 heterocycles. The zero-order chi connectivity index (χ0) is 17.4. The van der Waals surface area contributed by atoms with Crippen molar-refractivity contribution in [1.82, 2.24) is 9.99 Å². The number of hydrazine groups is 1. The molecule has 126 valence electrons. The highest BCUT2D eigenvalue weighted by Crippen LogP contribution is 2.39. The molecule has 1 aliphatic heterocycles. The van der Waals surface area contributed by atoms with Gasteiger partial charge in [0.15, 0.2) is 0 Å². The van der Waals surface area contributed by atoms with E-state index >= 15 is 0 Å². The minimum atomic E-state index is -0.0730. The van der Waals surface area contributed by atoms with Gasteiger partial charge in [0.2, 0.25) is 0 Å². The maximum absolute atomic E-state index is 12.4. The molecule has 1 unspecified atom stereocenters. The highest BCUT2D eigenvalue weighted by molar-refractivity contribution is 9.10. The fourth-order valence-electron chi connectivity index (χ4n) is 2.77. The number of fused-ring (bicyclic) bond motifs is 1. The molecule has 1 aliphatic rings. The zero-order valence-electron chi connectivity index (χ0n) is 12.9. The lowest BCUT2D eigenvalue weighted by Gasteiger charge is -2.26. The molecule has 1 N–H and O–H groups in total. The SMILES string of the molecule is O=C1CSC(c2ccc(Br)cc2)N1Nc1ccnc2cc(Cl)ccc12. The Kier molecular flexibility index (Phi) is 4.58. The molecule has 0 radical (unpaired) electrons. The number of thioether (sulfide) groups is 1. The number of carbonyl (C=O) groups excluding carboxylic acids is 1. The van der Waals surface area contributed by atoms with Crippen LogP contribution in [0.15, 0.2) is 59.2 Å². The van der Waals surface area contributed by atoms with Crippen molar-refractivity contribution in [2.24, 2.45) is 0 Å². The number of hydrogen-bond acceptors (Lipinski definition) is 4. The Hall–Kier alpha value is -1.76. The summed E-state index contributed by atoms with van der Waals surface area (Å²) >= 11 is 11.1. The van der Waals surface area contributed by atoms with Crippen LogP contribution in [0.1, 0.15) is 10.9 Å². The maximum Gasteiger partial charge on any atom is 0.252 e. The number of hydrogen-bond donors (Lipinski definition) is 1. The molecule has 7 heteroatoms. The number of aromatic nitrogens is 1. The molecule has 1 fully saturated rings. The monoisotopic (exact) mass is 433 g/mol. The normalized spacial score (nSPS) is 17.3. The maximum atomic E-state index is 12.4. The zero-order valence-corrected chi connectivity index (χ0v) is 16.1. The molecule has 1 amide bonds. The molecule has 1 atom stereocenters. The summed E-state index contributed by atoms with van der Waals surface area (Å²) in [5.41, 5.74) is 5.98. The smallest absolute Gasteiger partial charge is 0.252 e. The molecule has 4 nitrogen and oxygen atoms in total. The summed E-state index contributed by atoms with van der Waals surface area (Å²) in [6.07, 6.45) is 1.71. The second-order valence-corrected chi connectivity index (χ2v) is 8.03. The van der Waals surface area contributed by atoms with Crippen LogP contribution in [0.2, 0.25) is 5.02 Å². The van der Waals surface area contributed by atoms with E-state index in [1.807, 2.05) is 48.5 Å². The molecular weight excluding hydrogens is 422 g/mol. The molecule has 25 heavy (non-hydrogen) atoms. The quantitative estimate of drug-likeness (QED) is 0.611. The van der Waals surface area contributed by atoms with Crippen LogP contribution < -0.4 is 5.43 Å². The fourth-order valence-corrected chi connectivity index (χ4v) is 4.31. The molecule has 2 aromatic carbocycles. The van der Waals surface area contributed by atoms with Crippen LogP contribution in [0.25, 0.3) is 10.9 Å². The van der Waals surface area contributed by atoms with Crippen molar-refractivity contribution >= 4 is 61.8 Å². The minimum absolute atomic E-state index is 0.0526. The van der Waals surface area contributed by atoms with E-state index in [0.29, 0.717) is 10.8 Å². The largest absolute Gasteiger partial charge is 0.294 e. The van der Waals surface area contributed by atoms with Crippen molar-refractivity contribution in [3.8, 4) is 0 Å². The number of halogens is 2. The molecule has 3 aromatic rings. The van der Waals surface area contributed by atoms with Crippen LogP contribution in [0, 0.1) is 0 Å². The van der Waals surface area contributed by atoms with Crippen LogP contribution in [0.5, 0.6) is 0 Å². The summed E-state index contributed by atoms with van der Waals surface area (Å²) in [7, 11) is 0. The second kappa shape index (κ2) is 6.86. The number of pyridine rings is 1. The van der Waals surface area contributed by atoms with Crippen molar-refractivity contribution in [3.05, 3.63) is 69.8 Å². The van der Waals surface area contributed by atoms with Crippen molar-refractivity contribution in [2.45, 2.75) is 5.37 Å². The van der Waals surface area contributed by atoms with E-state index in [4.69, 9.17) is 11.6 Å². The van der Waals surface area contributed by atoms with Crippen LogP contribution >= 0.6 is 39.3 Å². The molecule has 0 spiro atoms. The van der Waals surface area contributed by atoms with Gasteiger partial charge in [0, 0.05) is 21.1 Å². The van der Waals surface area contributed by atoms with E-state index < -0.39 is 0 Å². The molecule has 4 rings (SSSR count). The Morgan fingerprint density at radius 3 is 2.80 bits per heavy atom.